The van der Waals surface area contributed by atoms with Crippen LogP contribution in [-0.4, -0.2) is 50.2 Å². The van der Waals surface area contributed by atoms with E-state index in [0.717, 1.165) is 17.1 Å². The zero-order chi connectivity index (χ0) is 21.1. The van der Waals surface area contributed by atoms with Crippen LogP contribution in [-0.2, 0) is 24.8 Å². The number of rotatable bonds is 8. The lowest BCUT2D eigenvalue weighted by atomic mass is 10.2. The van der Waals surface area contributed by atoms with Crippen LogP contribution in [0.1, 0.15) is 12.8 Å². The average molecular weight is 441 g/mol. The number of hydrogen-bond donors (Lipinski definition) is 1. The van der Waals surface area contributed by atoms with E-state index in [4.69, 9.17) is 9.47 Å². The van der Waals surface area contributed by atoms with Gasteiger partial charge >= 0.3 is 0 Å². The molecule has 1 N–H and O–H groups in total. The minimum Gasteiger partial charge on any atom is -0.495 e. The van der Waals surface area contributed by atoms with E-state index in [2.05, 4.69) is 4.72 Å². The van der Waals surface area contributed by atoms with Gasteiger partial charge in [-0.25, -0.2) is 21.6 Å². The first-order chi connectivity index (χ1) is 13.8. The van der Waals surface area contributed by atoms with Crippen LogP contribution in [0.2, 0.25) is 0 Å². The zero-order valence-corrected chi connectivity index (χ0v) is 17.9. The smallest absolute Gasteiger partial charge is 0.264 e. The lowest BCUT2D eigenvalue weighted by molar-refractivity contribution is 0.114. The van der Waals surface area contributed by atoms with Gasteiger partial charge in [-0.15, -0.1) is 0 Å². The first-order valence-electron chi connectivity index (χ1n) is 9.09. The van der Waals surface area contributed by atoms with Gasteiger partial charge in [0.25, 0.3) is 10.0 Å². The summed E-state index contributed by atoms with van der Waals surface area (Å²) >= 11 is 0. The van der Waals surface area contributed by atoms with Crippen LogP contribution in [0.15, 0.2) is 58.3 Å². The molecule has 8 nitrogen and oxygen atoms in total. The molecule has 1 atom stereocenters. The van der Waals surface area contributed by atoms with Crippen LogP contribution in [0.25, 0.3) is 0 Å². The second-order valence-electron chi connectivity index (χ2n) is 6.61. The maximum absolute atomic E-state index is 13.0. The molecule has 1 aliphatic rings. The Morgan fingerprint density at radius 1 is 1.10 bits per heavy atom. The van der Waals surface area contributed by atoms with Gasteiger partial charge in [0.05, 0.1) is 28.7 Å². The summed E-state index contributed by atoms with van der Waals surface area (Å²) in [6, 6.07) is 12.0. The fourth-order valence-corrected chi connectivity index (χ4v) is 5.36. The molecule has 0 aliphatic carbocycles. The highest BCUT2D eigenvalue weighted by atomic mass is 32.2. The molecule has 0 unspecified atom stereocenters. The van der Waals surface area contributed by atoms with E-state index in [1.165, 1.54) is 44.5 Å². The van der Waals surface area contributed by atoms with Gasteiger partial charge in [0.2, 0.25) is 10.0 Å². The molecule has 3 rings (SSSR count). The van der Waals surface area contributed by atoms with Gasteiger partial charge in [0.15, 0.2) is 0 Å². The van der Waals surface area contributed by atoms with E-state index in [0.29, 0.717) is 6.61 Å². The molecular formula is C19H24N2O6S2. The summed E-state index contributed by atoms with van der Waals surface area (Å²) < 4.78 is 65.6. The van der Waals surface area contributed by atoms with Crippen LogP contribution in [0.4, 0.5) is 5.69 Å². The molecule has 0 saturated carbocycles. The van der Waals surface area contributed by atoms with E-state index in [-0.39, 0.29) is 33.9 Å². The molecule has 1 heterocycles. The fourth-order valence-electron chi connectivity index (χ4n) is 3.05. The number of sulfonamides is 2. The second-order valence-corrected chi connectivity index (χ2v) is 10.3. The Kier molecular flexibility index (Phi) is 6.47. The highest BCUT2D eigenvalue weighted by molar-refractivity contribution is 7.92. The number of nitrogens with zero attached hydrogens (tertiary/aromatic N) is 1. The Morgan fingerprint density at radius 3 is 2.45 bits per heavy atom. The van der Waals surface area contributed by atoms with Gasteiger partial charge in [-0.05, 0) is 43.2 Å². The van der Waals surface area contributed by atoms with Crippen molar-refractivity contribution >= 4 is 25.7 Å². The van der Waals surface area contributed by atoms with Crippen molar-refractivity contribution in [1.82, 2.24) is 4.72 Å². The predicted molar refractivity (Wildman–Crippen MR) is 109 cm³/mol. The van der Waals surface area contributed by atoms with Crippen LogP contribution in [0.3, 0.4) is 0 Å². The Labute approximate surface area is 171 Å². The molecule has 158 valence electrons. The van der Waals surface area contributed by atoms with E-state index >= 15 is 0 Å². The van der Waals surface area contributed by atoms with Crippen LogP contribution in [0, 0.1) is 0 Å². The molecule has 10 heteroatoms. The SMILES string of the molecule is COc1ccc(S(=O)(=O)NC[C@H]2CCCO2)cc1N(C)S(=O)(=O)c1ccccc1. The number of hydrogen-bond acceptors (Lipinski definition) is 6. The summed E-state index contributed by atoms with van der Waals surface area (Å²) in [5, 5.41) is 0. The van der Waals surface area contributed by atoms with Crippen LogP contribution < -0.4 is 13.8 Å². The first kappa shape index (κ1) is 21.6. The maximum atomic E-state index is 13.0. The molecule has 0 spiro atoms. The number of anilines is 1. The normalized spacial score (nSPS) is 17.2. The van der Waals surface area contributed by atoms with Crippen LogP contribution in [0.5, 0.6) is 5.75 Å². The van der Waals surface area contributed by atoms with Gasteiger partial charge in [0.1, 0.15) is 5.75 Å². The minimum atomic E-state index is -3.89. The summed E-state index contributed by atoms with van der Waals surface area (Å²) in [5.41, 5.74) is 0.122. The van der Waals surface area contributed by atoms with E-state index in [9.17, 15) is 16.8 Å². The minimum absolute atomic E-state index is 0.0543. The van der Waals surface area contributed by atoms with Crippen molar-refractivity contribution in [2.24, 2.45) is 0 Å². The third kappa shape index (κ3) is 4.72. The van der Waals surface area contributed by atoms with Crippen LogP contribution >= 0.6 is 0 Å². The van der Waals surface area contributed by atoms with Crippen molar-refractivity contribution in [2.75, 3.05) is 31.6 Å². The number of nitrogens with one attached hydrogen (secondary N) is 1. The lowest BCUT2D eigenvalue weighted by Gasteiger charge is -2.22. The molecule has 2 aromatic carbocycles. The van der Waals surface area contributed by atoms with Gasteiger partial charge < -0.3 is 9.47 Å². The van der Waals surface area contributed by atoms with Crippen molar-refractivity contribution in [3.63, 3.8) is 0 Å². The molecule has 0 amide bonds. The Balaban J connectivity index is 1.92. The Bertz CT molecular complexity index is 1050. The standard InChI is InChI=1S/C19H24N2O6S2/c1-21(29(24,25)16-8-4-3-5-9-16)18-13-17(10-11-19(18)26-2)28(22,23)20-14-15-7-6-12-27-15/h3-5,8-11,13,15,20H,6-7,12,14H2,1-2H3/t15-/m1/s1. The molecule has 1 fully saturated rings. The molecule has 0 aromatic heterocycles. The Hall–Kier alpha value is -2.14. The highest BCUT2D eigenvalue weighted by Gasteiger charge is 2.26. The monoisotopic (exact) mass is 440 g/mol. The lowest BCUT2D eigenvalue weighted by Crippen LogP contribution is -2.32. The molecule has 29 heavy (non-hydrogen) atoms. The van der Waals surface area contributed by atoms with Crippen molar-refractivity contribution in [1.29, 1.82) is 0 Å². The summed E-state index contributed by atoms with van der Waals surface area (Å²) in [5.74, 6) is 0.241. The summed E-state index contributed by atoms with van der Waals surface area (Å²) in [6.07, 6.45) is 1.55. The topological polar surface area (TPSA) is 102 Å². The first-order valence-corrected chi connectivity index (χ1v) is 12.0. The highest BCUT2D eigenvalue weighted by Crippen LogP contribution is 2.33. The molecule has 0 bridgehead atoms. The largest absolute Gasteiger partial charge is 0.495 e. The van der Waals surface area contributed by atoms with E-state index in [1.54, 1.807) is 18.2 Å². The molecular weight excluding hydrogens is 416 g/mol. The fraction of sp³-hybridized carbons (Fsp3) is 0.368. The average Bonchev–Trinajstić information content (AvgIpc) is 3.25. The quantitative estimate of drug-likeness (QED) is 0.673. The van der Waals surface area contributed by atoms with Gasteiger partial charge in [-0.1, -0.05) is 18.2 Å². The maximum Gasteiger partial charge on any atom is 0.264 e. The number of benzene rings is 2. The molecule has 0 radical (unpaired) electrons. The zero-order valence-electron chi connectivity index (χ0n) is 16.2. The number of methoxy groups -OCH3 is 1. The third-order valence-electron chi connectivity index (χ3n) is 4.73. The summed E-state index contributed by atoms with van der Waals surface area (Å²) in [7, 11) is -4.99. The Morgan fingerprint density at radius 2 is 1.83 bits per heavy atom. The van der Waals surface area contributed by atoms with Crippen molar-refractivity contribution in [3.05, 3.63) is 48.5 Å². The van der Waals surface area contributed by atoms with Crippen molar-refractivity contribution in [2.45, 2.75) is 28.7 Å². The summed E-state index contributed by atoms with van der Waals surface area (Å²) in [6.45, 7) is 0.795. The third-order valence-corrected chi connectivity index (χ3v) is 7.93. The van der Waals surface area contributed by atoms with Gasteiger partial charge in [-0.3, -0.25) is 4.31 Å². The predicted octanol–water partition coefficient (Wildman–Crippen LogP) is 1.98. The van der Waals surface area contributed by atoms with E-state index < -0.39 is 20.0 Å². The van der Waals surface area contributed by atoms with Crippen molar-refractivity contribution < 1.29 is 26.3 Å². The van der Waals surface area contributed by atoms with Crippen molar-refractivity contribution in [3.8, 4) is 5.75 Å². The molecule has 2 aromatic rings. The van der Waals surface area contributed by atoms with Gasteiger partial charge in [0, 0.05) is 20.2 Å². The molecule has 1 aliphatic heterocycles. The molecule has 1 saturated heterocycles. The summed E-state index contributed by atoms with van der Waals surface area (Å²) in [4.78, 5) is 0.0377. The second kappa shape index (κ2) is 8.70. The van der Waals surface area contributed by atoms with Gasteiger partial charge in [-0.2, -0.15) is 0 Å². The number of ether oxygens (including phenoxy) is 2. The van der Waals surface area contributed by atoms with E-state index in [1.807, 2.05) is 0 Å².